The van der Waals surface area contributed by atoms with Gasteiger partial charge in [-0.25, -0.2) is 0 Å². The van der Waals surface area contributed by atoms with Gasteiger partial charge in [0.05, 0.1) is 18.4 Å². The maximum atomic E-state index is 12.8. The lowest BCUT2D eigenvalue weighted by atomic mass is 9.82. The molecule has 3 unspecified atom stereocenters. The summed E-state index contributed by atoms with van der Waals surface area (Å²) in [6, 6.07) is 1.05. The van der Waals surface area contributed by atoms with Crippen molar-refractivity contribution in [2.24, 2.45) is 17.6 Å². The lowest BCUT2D eigenvalue weighted by molar-refractivity contribution is -0.137. The van der Waals surface area contributed by atoms with Gasteiger partial charge in [-0.05, 0) is 43.6 Å². The van der Waals surface area contributed by atoms with Crippen LogP contribution in [0.25, 0.3) is 0 Å². The highest BCUT2D eigenvalue weighted by molar-refractivity contribution is 6.44. The molecule has 0 spiro atoms. The molecule has 1 saturated heterocycles. The van der Waals surface area contributed by atoms with Crippen molar-refractivity contribution >= 4 is 29.1 Å². The van der Waals surface area contributed by atoms with Crippen LogP contribution in [-0.4, -0.2) is 59.0 Å². The molecule has 1 saturated carbocycles. The van der Waals surface area contributed by atoms with Crippen molar-refractivity contribution in [1.82, 2.24) is 15.2 Å². The molecule has 31 heavy (non-hydrogen) atoms. The van der Waals surface area contributed by atoms with Gasteiger partial charge in [-0.1, -0.05) is 19.8 Å². The highest BCUT2D eigenvalue weighted by Gasteiger charge is 2.34. The summed E-state index contributed by atoms with van der Waals surface area (Å²) in [6.07, 6.45) is 9.11. The van der Waals surface area contributed by atoms with E-state index in [1.54, 1.807) is 4.90 Å². The van der Waals surface area contributed by atoms with Crippen LogP contribution in [0.3, 0.4) is 0 Å². The Morgan fingerprint density at radius 3 is 2.81 bits per heavy atom. The smallest absolute Gasteiger partial charge is 0.267 e. The van der Waals surface area contributed by atoms with E-state index >= 15 is 0 Å². The van der Waals surface area contributed by atoms with E-state index in [0.29, 0.717) is 37.0 Å². The minimum Gasteiger partial charge on any atom is -0.374 e. The lowest BCUT2D eigenvalue weighted by Gasteiger charge is -2.28. The number of nitrogens with two attached hydrogens (primary N) is 1. The monoisotopic (exact) mass is 428 g/mol. The summed E-state index contributed by atoms with van der Waals surface area (Å²) >= 11 is 0. The van der Waals surface area contributed by atoms with Crippen molar-refractivity contribution in [3.63, 3.8) is 0 Å². The number of aromatic nitrogens is 1. The van der Waals surface area contributed by atoms with Gasteiger partial charge in [0.25, 0.3) is 5.91 Å². The molecule has 168 valence electrons. The van der Waals surface area contributed by atoms with Crippen LogP contribution in [0, 0.1) is 17.2 Å². The van der Waals surface area contributed by atoms with Crippen LogP contribution in [-0.2, 0) is 14.4 Å². The summed E-state index contributed by atoms with van der Waals surface area (Å²) in [5, 5.41) is 13.8. The number of primary amides is 1. The van der Waals surface area contributed by atoms with Gasteiger partial charge in [0.2, 0.25) is 11.8 Å². The summed E-state index contributed by atoms with van der Waals surface area (Å²) in [7, 11) is 0. The third kappa shape index (κ3) is 5.80. The van der Waals surface area contributed by atoms with Crippen molar-refractivity contribution in [2.75, 3.05) is 25.0 Å². The van der Waals surface area contributed by atoms with E-state index in [1.807, 2.05) is 0 Å². The van der Waals surface area contributed by atoms with Gasteiger partial charge >= 0.3 is 0 Å². The maximum Gasteiger partial charge on any atom is 0.267 e. The van der Waals surface area contributed by atoms with Crippen LogP contribution in [0.15, 0.2) is 18.5 Å². The van der Waals surface area contributed by atoms with Crippen LogP contribution in [0.5, 0.6) is 0 Å². The molecule has 1 aliphatic heterocycles. The third-order valence-electron chi connectivity index (χ3n) is 6.25. The second-order valence-corrected chi connectivity index (χ2v) is 8.64. The fourth-order valence-corrected chi connectivity index (χ4v) is 4.60. The zero-order valence-corrected chi connectivity index (χ0v) is 18.0. The molecule has 3 atom stereocenters. The van der Waals surface area contributed by atoms with Gasteiger partial charge in [0.1, 0.15) is 11.8 Å². The number of nitrogens with zero attached hydrogens (tertiary/aromatic N) is 2. The molecule has 3 rings (SSSR count). The van der Waals surface area contributed by atoms with Crippen molar-refractivity contribution in [3.05, 3.63) is 24.0 Å². The molecule has 1 aromatic rings. The van der Waals surface area contributed by atoms with Crippen LogP contribution >= 0.6 is 0 Å². The lowest BCUT2D eigenvalue weighted by Crippen LogP contribution is -2.48. The maximum absolute atomic E-state index is 12.8. The van der Waals surface area contributed by atoms with Crippen LogP contribution in [0.4, 0.5) is 5.69 Å². The number of pyridine rings is 1. The highest BCUT2D eigenvalue weighted by Crippen LogP contribution is 2.28. The van der Waals surface area contributed by atoms with E-state index in [0.717, 1.165) is 19.3 Å². The SMILES string of the molecule is CC1CCCC(CNC(=O)C2CCCN2C(=O)CNc2cnccc2C(=N)C(N)=O)C1. The summed E-state index contributed by atoms with van der Waals surface area (Å²) < 4.78 is 0. The fourth-order valence-electron chi connectivity index (χ4n) is 4.60. The molecular formula is C22H32N6O3. The number of carbonyl (C=O) groups excluding carboxylic acids is 3. The molecule has 0 aromatic carbocycles. The van der Waals surface area contributed by atoms with Crippen molar-refractivity contribution in [2.45, 2.75) is 51.5 Å². The average Bonchev–Trinajstić information content (AvgIpc) is 3.25. The van der Waals surface area contributed by atoms with E-state index in [9.17, 15) is 14.4 Å². The molecule has 0 radical (unpaired) electrons. The van der Waals surface area contributed by atoms with Gasteiger partial charge < -0.3 is 21.3 Å². The second kappa shape index (κ2) is 10.4. The van der Waals surface area contributed by atoms with E-state index in [-0.39, 0.29) is 29.6 Å². The topological polar surface area (TPSA) is 141 Å². The van der Waals surface area contributed by atoms with Crippen molar-refractivity contribution < 1.29 is 14.4 Å². The highest BCUT2D eigenvalue weighted by atomic mass is 16.2. The standard InChI is InChI=1S/C22H32N6O3/c1-14-4-2-5-15(10-14)11-27-22(31)18-6-3-9-28(18)19(29)13-26-17-12-25-8-7-16(17)20(23)21(24)30/h7-8,12,14-15,18,23,26H,2-6,9-11,13H2,1H3,(H2,24,30)(H,27,31). The van der Waals surface area contributed by atoms with Crippen molar-refractivity contribution in [3.8, 4) is 0 Å². The van der Waals surface area contributed by atoms with Crippen LogP contribution in [0.2, 0.25) is 0 Å². The Morgan fingerprint density at radius 2 is 2.06 bits per heavy atom. The molecule has 2 fully saturated rings. The number of hydrogen-bond acceptors (Lipinski definition) is 6. The molecule has 1 aromatic heterocycles. The zero-order chi connectivity index (χ0) is 22.4. The Hall–Kier alpha value is -2.97. The molecule has 2 aliphatic rings. The van der Waals surface area contributed by atoms with Gasteiger partial charge in [0, 0.05) is 24.8 Å². The Bertz CT molecular complexity index is 842. The van der Waals surface area contributed by atoms with Gasteiger partial charge in [-0.3, -0.25) is 24.8 Å². The molecule has 2 heterocycles. The summed E-state index contributed by atoms with van der Waals surface area (Å²) in [5.74, 6) is 0.0828. The fraction of sp³-hybridized carbons (Fsp3) is 0.591. The normalized spacial score (nSPS) is 23.3. The third-order valence-corrected chi connectivity index (χ3v) is 6.25. The van der Waals surface area contributed by atoms with E-state index < -0.39 is 11.9 Å². The molecule has 0 bridgehead atoms. The van der Waals surface area contributed by atoms with Crippen LogP contribution < -0.4 is 16.4 Å². The predicted octanol–water partition coefficient (Wildman–Crippen LogP) is 1.28. The number of hydrogen-bond donors (Lipinski definition) is 4. The first-order chi connectivity index (χ1) is 14.9. The summed E-state index contributed by atoms with van der Waals surface area (Å²) in [4.78, 5) is 42.5. The number of anilines is 1. The molecule has 1 aliphatic carbocycles. The first-order valence-corrected chi connectivity index (χ1v) is 11.0. The predicted molar refractivity (Wildman–Crippen MR) is 118 cm³/mol. The van der Waals surface area contributed by atoms with E-state index in [2.05, 4.69) is 22.5 Å². The van der Waals surface area contributed by atoms with E-state index in [1.165, 1.54) is 31.3 Å². The molecule has 9 heteroatoms. The number of amides is 3. The number of likely N-dealkylation sites (tertiary alicyclic amines) is 1. The zero-order valence-electron chi connectivity index (χ0n) is 18.0. The average molecular weight is 429 g/mol. The first-order valence-electron chi connectivity index (χ1n) is 11.0. The van der Waals surface area contributed by atoms with Crippen LogP contribution in [0.1, 0.15) is 51.0 Å². The molecular weight excluding hydrogens is 396 g/mol. The molecule has 5 N–H and O–H groups in total. The molecule has 9 nitrogen and oxygen atoms in total. The van der Waals surface area contributed by atoms with E-state index in [4.69, 9.17) is 11.1 Å². The van der Waals surface area contributed by atoms with Gasteiger partial charge in [-0.15, -0.1) is 0 Å². The number of carbonyl (C=O) groups is 3. The van der Waals surface area contributed by atoms with Gasteiger partial charge in [0.15, 0.2) is 0 Å². The Kier molecular flexibility index (Phi) is 7.59. The van der Waals surface area contributed by atoms with Gasteiger partial charge in [-0.2, -0.15) is 0 Å². The summed E-state index contributed by atoms with van der Waals surface area (Å²) in [6.45, 7) is 3.41. The quantitative estimate of drug-likeness (QED) is 0.462. The second-order valence-electron chi connectivity index (χ2n) is 8.64. The Morgan fingerprint density at radius 1 is 1.26 bits per heavy atom. The molecule has 3 amide bonds. The minimum absolute atomic E-state index is 0.0609. The van der Waals surface area contributed by atoms with Crippen molar-refractivity contribution in [1.29, 1.82) is 5.41 Å². The minimum atomic E-state index is -0.857. The first kappa shape index (κ1) is 22.7. The largest absolute Gasteiger partial charge is 0.374 e. The number of nitrogens with one attached hydrogen (secondary N) is 3. The Labute approximate surface area is 182 Å². The summed E-state index contributed by atoms with van der Waals surface area (Å²) in [5.41, 5.74) is 5.51. The Balaban J connectivity index is 1.55. The number of rotatable bonds is 8.